The lowest BCUT2D eigenvalue weighted by Gasteiger charge is -2.03. The molecule has 0 unspecified atom stereocenters. The van der Waals surface area contributed by atoms with Gasteiger partial charge in [-0.1, -0.05) is 12.7 Å². The van der Waals surface area contributed by atoms with Crippen molar-refractivity contribution in [3.8, 4) is 0 Å². The first-order valence-corrected chi connectivity index (χ1v) is 3.43. The Morgan fingerprint density at radius 3 is 2.82 bits per heavy atom. The fourth-order valence-corrected chi connectivity index (χ4v) is 0.547. The van der Waals surface area contributed by atoms with Gasteiger partial charge in [0, 0.05) is 5.70 Å². The topological polar surface area (TPSA) is 38.3 Å². The van der Waals surface area contributed by atoms with Crippen molar-refractivity contribution in [2.24, 2.45) is 0 Å². The quantitative estimate of drug-likeness (QED) is 0.631. The summed E-state index contributed by atoms with van der Waals surface area (Å²) in [5, 5.41) is 2.51. The summed E-state index contributed by atoms with van der Waals surface area (Å²) in [7, 11) is 0. The van der Waals surface area contributed by atoms with Crippen molar-refractivity contribution >= 4 is 6.09 Å². The van der Waals surface area contributed by atoms with Gasteiger partial charge in [-0.25, -0.2) is 4.79 Å². The number of hydrogen-bond acceptors (Lipinski definition) is 2. The number of carbonyl (C=O) groups excluding carboxylic acids is 1. The zero-order chi connectivity index (χ0) is 8.69. The summed E-state index contributed by atoms with van der Waals surface area (Å²) in [6.07, 6.45) is 2.86. The van der Waals surface area contributed by atoms with Crippen LogP contribution in [0.15, 0.2) is 24.4 Å². The molecule has 0 aliphatic heterocycles. The number of alkyl carbamates (subject to hydrolysis) is 1. The molecule has 0 aromatic rings. The van der Waals surface area contributed by atoms with E-state index < -0.39 is 6.09 Å². The maximum absolute atomic E-state index is 10.7. The molecule has 1 N–H and O–H groups in total. The summed E-state index contributed by atoms with van der Waals surface area (Å²) in [6.45, 7) is 7.39. The molecule has 0 bridgehead atoms. The number of carbonyl (C=O) groups is 1. The number of allylic oxidation sites excluding steroid dienone is 3. The molecule has 0 radical (unpaired) electrons. The van der Waals surface area contributed by atoms with Gasteiger partial charge in [0.2, 0.25) is 0 Å². The summed E-state index contributed by atoms with van der Waals surface area (Å²) in [4.78, 5) is 10.7. The van der Waals surface area contributed by atoms with Gasteiger partial charge in [-0.15, -0.1) is 0 Å². The van der Waals surface area contributed by atoms with Gasteiger partial charge in [-0.2, -0.15) is 0 Å². The molecule has 0 aromatic heterocycles. The molecule has 0 atom stereocenters. The lowest BCUT2D eigenvalue weighted by molar-refractivity contribution is 0.155. The maximum atomic E-state index is 10.7. The van der Waals surface area contributed by atoms with E-state index in [1.54, 1.807) is 26.0 Å². The van der Waals surface area contributed by atoms with Crippen molar-refractivity contribution in [3.63, 3.8) is 0 Å². The Hall–Kier alpha value is -1.25. The average molecular weight is 155 g/mol. The normalized spacial score (nSPS) is 10.5. The lowest BCUT2D eigenvalue weighted by Crippen LogP contribution is -2.22. The van der Waals surface area contributed by atoms with Crippen molar-refractivity contribution < 1.29 is 9.53 Å². The van der Waals surface area contributed by atoms with Crippen LogP contribution in [0.1, 0.15) is 13.8 Å². The first-order chi connectivity index (χ1) is 5.20. The van der Waals surface area contributed by atoms with E-state index in [-0.39, 0.29) is 0 Å². The van der Waals surface area contributed by atoms with Crippen LogP contribution in [0.3, 0.4) is 0 Å². The first-order valence-electron chi connectivity index (χ1n) is 3.43. The molecule has 0 saturated heterocycles. The molecular weight excluding hydrogens is 142 g/mol. The number of nitrogens with one attached hydrogen (secondary N) is 1. The SMILES string of the molecule is C=C/C=C(\C)NC(=O)OCC. The standard InChI is InChI=1S/C8H13NO2/c1-4-6-7(3)9-8(10)11-5-2/h4,6H,1,5H2,2-3H3,(H,9,10)/b7-6+. The Morgan fingerprint density at radius 2 is 2.36 bits per heavy atom. The minimum atomic E-state index is -0.428. The molecule has 0 fully saturated rings. The second-order valence-electron chi connectivity index (χ2n) is 1.93. The average Bonchev–Trinajstić information content (AvgIpc) is 1.87. The Balaban J connectivity index is 3.74. The van der Waals surface area contributed by atoms with Crippen molar-refractivity contribution in [3.05, 3.63) is 24.4 Å². The van der Waals surface area contributed by atoms with E-state index >= 15 is 0 Å². The van der Waals surface area contributed by atoms with Crippen LogP contribution in [-0.4, -0.2) is 12.7 Å². The summed E-state index contributed by atoms with van der Waals surface area (Å²) >= 11 is 0. The number of hydrogen-bond donors (Lipinski definition) is 1. The maximum Gasteiger partial charge on any atom is 0.411 e. The third kappa shape index (κ3) is 5.21. The molecule has 0 aliphatic carbocycles. The van der Waals surface area contributed by atoms with Crippen LogP contribution >= 0.6 is 0 Å². The summed E-state index contributed by atoms with van der Waals surface area (Å²) in [5.41, 5.74) is 0.721. The summed E-state index contributed by atoms with van der Waals surface area (Å²) < 4.78 is 4.63. The lowest BCUT2D eigenvalue weighted by atomic mass is 10.4. The fourth-order valence-electron chi connectivity index (χ4n) is 0.547. The van der Waals surface area contributed by atoms with Gasteiger partial charge in [0.05, 0.1) is 6.61 Å². The highest BCUT2D eigenvalue weighted by Crippen LogP contribution is 1.87. The van der Waals surface area contributed by atoms with Crippen molar-refractivity contribution in [2.45, 2.75) is 13.8 Å². The van der Waals surface area contributed by atoms with Crippen LogP contribution in [0.4, 0.5) is 4.79 Å². The van der Waals surface area contributed by atoms with E-state index in [0.717, 1.165) is 5.70 Å². The Labute approximate surface area is 66.7 Å². The third-order valence-electron chi connectivity index (χ3n) is 0.943. The van der Waals surface area contributed by atoms with Gasteiger partial charge in [-0.3, -0.25) is 5.32 Å². The molecule has 3 nitrogen and oxygen atoms in total. The molecule has 0 saturated carbocycles. The number of ether oxygens (including phenoxy) is 1. The van der Waals surface area contributed by atoms with Crippen molar-refractivity contribution in [1.82, 2.24) is 5.32 Å². The van der Waals surface area contributed by atoms with E-state index in [1.807, 2.05) is 0 Å². The first kappa shape index (κ1) is 9.75. The zero-order valence-corrected chi connectivity index (χ0v) is 6.89. The minimum absolute atomic E-state index is 0.382. The predicted molar refractivity (Wildman–Crippen MR) is 44.1 cm³/mol. The molecule has 0 rings (SSSR count). The smallest absolute Gasteiger partial charge is 0.411 e. The highest BCUT2D eigenvalue weighted by atomic mass is 16.5. The Morgan fingerprint density at radius 1 is 1.73 bits per heavy atom. The van der Waals surface area contributed by atoms with Gasteiger partial charge >= 0.3 is 6.09 Å². The summed E-state index contributed by atoms with van der Waals surface area (Å²) in [6, 6.07) is 0. The van der Waals surface area contributed by atoms with Gasteiger partial charge in [-0.05, 0) is 19.9 Å². The van der Waals surface area contributed by atoms with Crippen LogP contribution in [0.5, 0.6) is 0 Å². The second kappa shape index (κ2) is 5.53. The molecule has 0 heterocycles. The van der Waals surface area contributed by atoms with Gasteiger partial charge in [0.15, 0.2) is 0 Å². The highest BCUT2D eigenvalue weighted by molar-refractivity contribution is 5.69. The molecule has 0 spiro atoms. The van der Waals surface area contributed by atoms with Gasteiger partial charge in [0.25, 0.3) is 0 Å². The van der Waals surface area contributed by atoms with Crippen LogP contribution < -0.4 is 5.32 Å². The number of amides is 1. The minimum Gasteiger partial charge on any atom is -0.450 e. The van der Waals surface area contributed by atoms with E-state index in [0.29, 0.717) is 6.61 Å². The third-order valence-corrected chi connectivity index (χ3v) is 0.943. The van der Waals surface area contributed by atoms with E-state index in [9.17, 15) is 4.79 Å². The van der Waals surface area contributed by atoms with E-state index in [4.69, 9.17) is 0 Å². The van der Waals surface area contributed by atoms with Crippen LogP contribution in [-0.2, 0) is 4.74 Å². The predicted octanol–water partition coefficient (Wildman–Crippen LogP) is 1.82. The molecule has 0 aromatic carbocycles. The highest BCUT2D eigenvalue weighted by Gasteiger charge is 1.97. The molecule has 3 heteroatoms. The molecule has 62 valence electrons. The molecular formula is C8H13NO2. The molecule has 11 heavy (non-hydrogen) atoms. The fraction of sp³-hybridized carbons (Fsp3) is 0.375. The van der Waals surface area contributed by atoms with Gasteiger partial charge in [0.1, 0.15) is 0 Å². The monoisotopic (exact) mass is 155 g/mol. The van der Waals surface area contributed by atoms with E-state index in [1.165, 1.54) is 0 Å². The largest absolute Gasteiger partial charge is 0.450 e. The second-order valence-corrected chi connectivity index (χ2v) is 1.93. The number of rotatable bonds is 3. The van der Waals surface area contributed by atoms with Gasteiger partial charge < -0.3 is 4.74 Å². The molecule has 0 aliphatic rings. The zero-order valence-electron chi connectivity index (χ0n) is 6.89. The van der Waals surface area contributed by atoms with Crippen molar-refractivity contribution in [1.29, 1.82) is 0 Å². The van der Waals surface area contributed by atoms with Crippen LogP contribution in [0.25, 0.3) is 0 Å². The Kier molecular flexibility index (Phi) is 4.90. The summed E-state index contributed by atoms with van der Waals surface area (Å²) in [5.74, 6) is 0. The Bertz CT molecular complexity index is 173. The van der Waals surface area contributed by atoms with E-state index in [2.05, 4.69) is 16.6 Å². The van der Waals surface area contributed by atoms with Crippen molar-refractivity contribution in [2.75, 3.05) is 6.61 Å². The van der Waals surface area contributed by atoms with Crippen LogP contribution in [0, 0.1) is 0 Å². The molecule has 1 amide bonds. The van der Waals surface area contributed by atoms with Crippen LogP contribution in [0.2, 0.25) is 0 Å².